The van der Waals surface area contributed by atoms with Gasteiger partial charge in [0.1, 0.15) is 17.1 Å². The zero-order valence-electron chi connectivity index (χ0n) is 17.8. The minimum atomic E-state index is -0.283. The van der Waals surface area contributed by atoms with Crippen LogP contribution in [0.2, 0.25) is 0 Å². The molecule has 0 aliphatic carbocycles. The number of nitrogens with zero attached hydrogens (tertiary/aromatic N) is 2. The molecule has 7 heteroatoms. The van der Waals surface area contributed by atoms with Crippen LogP contribution >= 0.6 is 0 Å². The van der Waals surface area contributed by atoms with E-state index in [1.54, 1.807) is 11.8 Å². The van der Waals surface area contributed by atoms with Crippen LogP contribution in [0.5, 0.6) is 11.5 Å². The number of carbonyl (C=O) groups excluding carboxylic acids is 2. The summed E-state index contributed by atoms with van der Waals surface area (Å²) in [6.07, 6.45) is 0.245. The third-order valence-corrected chi connectivity index (χ3v) is 5.23. The van der Waals surface area contributed by atoms with Crippen molar-refractivity contribution in [3.8, 4) is 11.5 Å². The fraction of sp³-hybridized carbons (Fsp3) is 0.292. The van der Waals surface area contributed by atoms with Gasteiger partial charge in [-0.3, -0.25) is 9.59 Å². The standard InChI is InChI=1S/C24H25N3O4/c1-15(2)23-22(16(3)26-31-23)24(29)25-17-13-21(28)27(14-17)18-9-11-20(12-10-18)30-19-7-5-4-6-8-19/h4-12,15,17H,13-14H2,1-3H3,(H,25,29). The zero-order chi connectivity index (χ0) is 22.0. The van der Waals surface area contributed by atoms with E-state index in [0.29, 0.717) is 29.3 Å². The van der Waals surface area contributed by atoms with E-state index in [1.165, 1.54) is 0 Å². The van der Waals surface area contributed by atoms with Crippen molar-refractivity contribution in [1.82, 2.24) is 10.5 Å². The molecule has 0 spiro atoms. The molecule has 2 amide bonds. The van der Waals surface area contributed by atoms with Gasteiger partial charge in [-0.2, -0.15) is 0 Å². The molecule has 0 saturated carbocycles. The third kappa shape index (κ3) is 4.45. The highest BCUT2D eigenvalue weighted by atomic mass is 16.5. The molecule has 1 aromatic heterocycles. The average Bonchev–Trinajstić information content (AvgIpc) is 3.32. The number of amides is 2. The molecule has 2 aromatic carbocycles. The van der Waals surface area contributed by atoms with Crippen molar-refractivity contribution in [2.75, 3.05) is 11.4 Å². The van der Waals surface area contributed by atoms with Crippen LogP contribution in [0.1, 0.15) is 48.0 Å². The van der Waals surface area contributed by atoms with E-state index in [-0.39, 0.29) is 30.2 Å². The van der Waals surface area contributed by atoms with Crippen LogP contribution in [0.3, 0.4) is 0 Å². The quantitative estimate of drug-likeness (QED) is 0.639. The second kappa shape index (κ2) is 8.63. The second-order valence-electron chi connectivity index (χ2n) is 7.95. The molecule has 0 radical (unpaired) electrons. The van der Waals surface area contributed by atoms with Crippen LogP contribution in [0, 0.1) is 6.92 Å². The Morgan fingerprint density at radius 2 is 1.81 bits per heavy atom. The number of para-hydroxylation sites is 1. The number of rotatable bonds is 6. The van der Waals surface area contributed by atoms with E-state index in [9.17, 15) is 9.59 Å². The summed E-state index contributed by atoms with van der Waals surface area (Å²) in [6, 6.07) is 16.6. The summed E-state index contributed by atoms with van der Waals surface area (Å²) in [5.74, 6) is 1.75. The molecule has 0 bridgehead atoms. The molecular formula is C24H25N3O4. The smallest absolute Gasteiger partial charge is 0.257 e. The first kappa shape index (κ1) is 20.7. The SMILES string of the molecule is Cc1noc(C(C)C)c1C(=O)NC1CC(=O)N(c2ccc(Oc3ccccc3)cc2)C1. The molecule has 1 atom stereocenters. The number of anilines is 1. The number of benzene rings is 2. The van der Waals surface area contributed by atoms with Gasteiger partial charge in [-0.1, -0.05) is 37.2 Å². The van der Waals surface area contributed by atoms with Gasteiger partial charge in [-0.15, -0.1) is 0 Å². The molecule has 1 N–H and O–H groups in total. The summed E-state index contributed by atoms with van der Waals surface area (Å²) < 4.78 is 11.1. The Labute approximate surface area is 181 Å². The largest absolute Gasteiger partial charge is 0.457 e. The van der Waals surface area contributed by atoms with Gasteiger partial charge in [0.2, 0.25) is 5.91 Å². The first-order valence-electron chi connectivity index (χ1n) is 10.3. The lowest BCUT2D eigenvalue weighted by Crippen LogP contribution is -2.37. The lowest BCUT2D eigenvalue weighted by Gasteiger charge is -2.18. The number of hydrogen-bond acceptors (Lipinski definition) is 5. The van der Waals surface area contributed by atoms with E-state index in [2.05, 4.69) is 10.5 Å². The molecule has 1 saturated heterocycles. The Balaban J connectivity index is 1.41. The van der Waals surface area contributed by atoms with Crippen molar-refractivity contribution in [3.63, 3.8) is 0 Å². The summed E-state index contributed by atoms with van der Waals surface area (Å²) in [4.78, 5) is 27.1. The van der Waals surface area contributed by atoms with Crippen molar-refractivity contribution in [2.45, 2.75) is 39.2 Å². The number of carbonyl (C=O) groups is 2. The van der Waals surface area contributed by atoms with Gasteiger partial charge < -0.3 is 19.5 Å². The Morgan fingerprint density at radius 1 is 1.13 bits per heavy atom. The molecule has 1 fully saturated rings. The first-order chi connectivity index (χ1) is 14.9. The van der Waals surface area contributed by atoms with Crippen molar-refractivity contribution in [2.24, 2.45) is 0 Å². The predicted octanol–water partition coefficient (Wildman–Crippen LogP) is 4.43. The molecule has 1 unspecified atom stereocenters. The molecule has 3 aromatic rings. The molecule has 160 valence electrons. The highest BCUT2D eigenvalue weighted by molar-refractivity contribution is 5.99. The first-order valence-corrected chi connectivity index (χ1v) is 10.3. The topological polar surface area (TPSA) is 84.7 Å². The van der Waals surface area contributed by atoms with E-state index in [1.807, 2.05) is 68.4 Å². The van der Waals surface area contributed by atoms with E-state index >= 15 is 0 Å². The van der Waals surface area contributed by atoms with Gasteiger partial charge in [0, 0.05) is 24.6 Å². The summed E-state index contributed by atoms with van der Waals surface area (Å²) in [7, 11) is 0. The van der Waals surface area contributed by atoms with Crippen molar-refractivity contribution >= 4 is 17.5 Å². The molecular weight excluding hydrogens is 394 g/mol. The Hall–Kier alpha value is -3.61. The van der Waals surface area contributed by atoms with Crippen LogP contribution in [-0.2, 0) is 4.79 Å². The average molecular weight is 419 g/mol. The van der Waals surface area contributed by atoms with E-state index in [0.717, 1.165) is 11.4 Å². The normalized spacial score (nSPS) is 16.1. The predicted molar refractivity (Wildman–Crippen MR) is 117 cm³/mol. The van der Waals surface area contributed by atoms with Gasteiger partial charge in [-0.05, 0) is 43.3 Å². The fourth-order valence-electron chi connectivity index (χ4n) is 3.69. The van der Waals surface area contributed by atoms with Gasteiger partial charge in [0.25, 0.3) is 5.91 Å². The third-order valence-electron chi connectivity index (χ3n) is 5.23. The fourth-order valence-corrected chi connectivity index (χ4v) is 3.69. The number of aromatic nitrogens is 1. The Bertz CT molecular complexity index is 1070. The highest BCUT2D eigenvalue weighted by Gasteiger charge is 2.33. The van der Waals surface area contributed by atoms with Crippen LogP contribution < -0.4 is 15.0 Å². The van der Waals surface area contributed by atoms with Gasteiger partial charge in [0.15, 0.2) is 5.76 Å². The summed E-state index contributed by atoms with van der Waals surface area (Å²) in [5, 5.41) is 6.89. The minimum absolute atomic E-state index is 0.0341. The number of ether oxygens (including phenoxy) is 1. The summed E-state index contributed by atoms with van der Waals surface area (Å²) in [6.45, 7) is 6.05. The van der Waals surface area contributed by atoms with Crippen LogP contribution in [0.25, 0.3) is 0 Å². The molecule has 2 heterocycles. The van der Waals surface area contributed by atoms with Crippen molar-refractivity contribution < 1.29 is 18.8 Å². The molecule has 1 aliphatic rings. The maximum absolute atomic E-state index is 12.8. The zero-order valence-corrected chi connectivity index (χ0v) is 17.8. The van der Waals surface area contributed by atoms with Gasteiger partial charge in [-0.25, -0.2) is 0 Å². The summed E-state index contributed by atoms with van der Waals surface area (Å²) in [5.41, 5.74) is 1.78. The molecule has 31 heavy (non-hydrogen) atoms. The van der Waals surface area contributed by atoms with Crippen LogP contribution in [0.15, 0.2) is 59.1 Å². The highest BCUT2D eigenvalue weighted by Crippen LogP contribution is 2.27. The van der Waals surface area contributed by atoms with E-state index < -0.39 is 0 Å². The maximum Gasteiger partial charge on any atom is 0.257 e. The summed E-state index contributed by atoms with van der Waals surface area (Å²) >= 11 is 0. The van der Waals surface area contributed by atoms with Crippen molar-refractivity contribution in [1.29, 1.82) is 0 Å². The lowest BCUT2D eigenvalue weighted by atomic mass is 10.0. The van der Waals surface area contributed by atoms with Gasteiger partial charge in [0.05, 0.1) is 11.7 Å². The van der Waals surface area contributed by atoms with Crippen LogP contribution in [-0.4, -0.2) is 29.6 Å². The number of nitrogens with one attached hydrogen (secondary N) is 1. The second-order valence-corrected chi connectivity index (χ2v) is 7.95. The number of aryl methyl sites for hydroxylation is 1. The molecule has 4 rings (SSSR count). The Morgan fingerprint density at radius 3 is 2.48 bits per heavy atom. The van der Waals surface area contributed by atoms with Crippen molar-refractivity contribution in [3.05, 3.63) is 71.6 Å². The maximum atomic E-state index is 12.8. The monoisotopic (exact) mass is 419 g/mol. The van der Waals surface area contributed by atoms with Gasteiger partial charge >= 0.3 is 0 Å². The molecule has 7 nitrogen and oxygen atoms in total. The lowest BCUT2D eigenvalue weighted by molar-refractivity contribution is -0.117. The Kier molecular flexibility index (Phi) is 5.75. The number of hydrogen-bond donors (Lipinski definition) is 1. The van der Waals surface area contributed by atoms with E-state index in [4.69, 9.17) is 9.26 Å². The van der Waals surface area contributed by atoms with Crippen LogP contribution in [0.4, 0.5) is 5.69 Å². The molecule has 1 aliphatic heterocycles. The minimum Gasteiger partial charge on any atom is -0.457 e.